The van der Waals surface area contributed by atoms with E-state index in [1.807, 2.05) is 13.0 Å². The summed E-state index contributed by atoms with van der Waals surface area (Å²) in [5, 5.41) is 17.8. The lowest BCUT2D eigenvalue weighted by molar-refractivity contribution is -0.913. The number of ether oxygens (including phenoxy) is 1. The number of fused-ring (bicyclic) bond motifs is 3. The second-order valence-electron chi connectivity index (χ2n) is 6.67. The van der Waals surface area contributed by atoms with Crippen LogP contribution in [0.3, 0.4) is 0 Å². The van der Waals surface area contributed by atoms with Gasteiger partial charge in [-0.2, -0.15) is 0 Å². The van der Waals surface area contributed by atoms with E-state index in [2.05, 4.69) is 17.6 Å². The largest absolute Gasteiger partial charge is 0.504 e. The standard InChI is InChI=1S/C19H23N3O3S/c1-3-22-9-8-11-14(10-22)26-19-15(11)18(24)20-17(21-19)12-6-5-7-13(16(12)23)25-4-2/h5-7,17,21,23H,3-4,8-10H2,1-2H3,(H,20,24)/p+1/t17-/m0/s1. The number of benzene rings is 1. The Hall–Kier alpha value is -2.25. The fourth-order valence-corrected chi connectivity index (χ4v) is 5.10. The van der Waals surface area contributed by atoms with E-state index in [0.717, 1.165) is 36.6 Å². The number of amides is 1. The van der Waals surface area contributed by atoms with Crippen molar-refractivity contribution in [2.75, 3.05) is 25.0 Å². The van der Waals surface area contributed by atoms with Gasteiger partial charge in [-0.15, -0.1) is 11.3 Å². The van der Waals surface area contributed by atoms with Crippen molar-refractivity contribution in [1.82, 2.24) is 5.32 Å². The van der Waals surface area contributed by atoms with Crippen molar-refractivity contribution in [3.05, 3.63) is 39.8 Å². The molecule has 26 heavy (non-hydrogen) atoms. The van der Waals surface area contributed by atoms with Crippen molar-refractivity contribution >= 4 is 22.2 Å². The smallest absolute Gasteiger partial charge is 0.256 e. The lowest BCUT2D eigenvalue weighted by atomic mass is 10.00. The van der Waals surface area contributed by atoms with E-state index in [4.69, 9.17) is 4.74 Å². The molecule has 2 aliphatic rings. The number of phenolic OH excluding ortho intramolecular Hbond substituents is 1. The number of hydrogen-bond donors (Lipinski definition) is 4. The molecule has 138 valence electrons. The van der Waals surface area contributed by atoms with Gasteiger partial charge >= 0.3 is 0 Å². The molecule has 0 fully saturated rings. The molecule has 4 rings (SSSR count). The number of phenols is 1. The summed E-state index contributed by atoms with van der Waals surface area (Å²) in [6, 6.07) is 5.35. The first-order valence-corrected chi connectivity index (χ1v) is 9.94. The van der Waals surface area contributed by atoms with Gasteiger partial charge < -0.3 is 25.4 Å². The number of likely N-dealkylation sites (N-methyl/N-ethyl adjacent to an activating group) is 1. The van der Waals surface area contributed by atoms with Crippen LogP contribution in [0.1, 0.15) is 46.4 Å². The third-order valence-electron chi connectivity index (χ3n) is 5.15. The topological polar surface area (TPSA) is 75.0 Å². The maximum absolute atomic E-state index is 12.8. The van der Waals surface area contributed by atoms with Gasteiger partial charge in [0.25, 0.3) is 5.91 Å². The minimum Gasteiger partial charge on any atom is -0.504 e. The summed E-state index contributed by atoms with van der Waals surface area (Å²) < 4.78 is 5.46. The summed E-state index contributed by atoms with van der Waals surface area (Å²) in [6.07, 6.45) is 0.472. The van der Waals surface area contributed by atoms with Crippen LogP contribution < -0.4 is 20.3 Å². The molecule has 0 aliphatic carbocycles. The molecule has 1 unspecified atom stereocenters. The van der Waals surface area contributed by atoms with Crippen LogP contribution >= 0.6 is 11.3 Å². The highest BCUT2D eigenvalue weighted by molar-refractivity contribution is 7.16. The van der Waals surface area contributed by atoms with Crippen LogP contribution in [0, 0.1) is 0 Å². The molecule has 2 atom stereocenters. The fraction of sp³-hybridized carbons (Fsp3) is 0.421. The first kappa shape index (κ1) is 17.2. The Kier molecular flexibility index (Phi) is 4.50. The Bertz CT molecular complexity index is 849. The minimum absolute atomic E-state index is 0.0672. The molecule has 1 aromatic carbocycles. The molecular weight excluding hydrogens is 350 g/mol. The lowest BCUT2D eigenvalue weighted by Gasteiger charge is -2.28. The van der Waals surface area contributed by atoms with E-state index >= 15 is 0 Å². The summed E-state index contributed by atoms with van der Waals surface area (Å²) in [7, 11) is 0. The van der Waals surface area contributed by atoms with Crippen LogP contribution in [0.2, 0.25) is 0 Å². The second-order valence-corrected chi connectivity index (χ2v) is 7.77. The number of quaternary nitrogens is 1. The number of carbonyl (C=O) groups excluding carboxylic acids is 1. The normalized spacial score (nSPS) is 21.4. The average Bonchev–Trinajstić information content (AvgIpc) is 3.01. The lowest BCUT2D eigenvalue weighted by Crippen LogP contribution is -3.11. The van der Waals surface area contributed by atoms with Crippen molar-refractivity contribution in [3.8, 4) is 11.5 Å². The summed E-state index contributed by atoms with van der Waals surface area (Å²) in [5.41, 5.74) is 2.59. The molecule has 1 amide bonds. The highest BCUT2D eigenvalue weighted by atomic mass is 32.1. The van der Waals surface area contributed by atoms with Crippen LogP contribution in [-0.2, 0) is 13.0 Å². The Labute approximate surface area is 156 Å². The van der Waals surface area contributed by atoms with E-state index in [-0.39, 0.29) is 11.7 Å². The Morgan fingerprint density at radius 3 is 2.96 bits per heavy atom. The number of nitrogens with one attached hydrogen (secondary N) is 3. The van der Waals surface area contributed by atoms with Crippen molar-refractivity contribution in [1.29, 1.82) is 0 Å². The zero-order valence-corrected chi connectivity index (χ0v) is 15.8. The fourth-order valence-electron chi connectivity index (χ4n) is 3.75. The maximum Gasteiger partial charge on any atom is 0.256 e. The van der Waals surface area contributed by atoms with Gasteiger partial charge in [0.15, 0.2) is 11.5 Å². The predicted octanol–water partition coefficient (Wildman–Crippen LogP) is 1.67. The molecule has 0 radical (unpaired) electrons. The number of hydrogen-bond acceptors (Lipinski definition) is 5. The van der Waals surface area contributed by atoms with Crippen molar-refractivity contribution in [2.24, 2.45) is 0 Å². The Morgan fingerprint density at radius 2 is 2.19 bits per heavy atom. The first-order valence-electron chi connectivity index (χ1n) is 9.12. The number of anilines is 1. The van der Waals surface area contributed by atoms with Gasteiger partial charge in [0.2, 0.25) is 0 Å². The molecule has 2 aromatic rings. The van der Waals surface area contributed by atoms with Crippen LogP contribution in [0.25, 0.3) is 0 Å². The molecule has 7 heteroatoms. The van der Waals surface area contributed by atoms with Crippen LogP contribution in [0.5, 0.6) is 11.5 Å². The minimum atomic E-state index is -0.467. The zero-order chi connectivity index (χ0) is 18.3. The van der Waals surface area contributed by atoms with Crippen molar-refractivity contribution in [2.45, 2.75) is 33.0 Å². The van der Waals surface area contributed by atoms with Crippen molar-refractivity contribution in [3.63, 3.8) is 0 Å². The number of thiophene rings is 1. The second kappa shape index (κ2) is 6.81. The molecule has 2 aliphatic heterocycles. The van der Waals surface area contributed by atoms with E-state index in [9.17, 15) is 9.90 Å². The quantitative estimate of drug-likeness (QED) is 0.657. The summed E-state index contributed by atoms with van der Waals surface area (Å²) in [5.74, 6) is 0.431. The molecule has 6 nitrogen and oxygen atoms in total. The van der Waals surface area contributed by atoms with Gasteiger partial charge in [-0.3, -0.25) is 4.79 Å². The monoisotopic (exact) mass is 374 g/mol. The predicted molar refractivity (Wildman–Crippen MR) is 101 cm³/mol. The van der Waals surface area contributed by atoms with Gasteiger partial charge in [0, 0.05) is 12.0 Å². The average molecular weight is 374 g/mol. The summed E-state index contributed by atoms with van der Waals surface area (Å²) in [6.45, 7) is 7.69. The van der Waals surface area contributed by atoms with E-state index in [1.54, 1.807) is 28.4 Å². The summed E-state index contributed by atoms with van der Waals surface area (Å²) >= 11 is 1.67. The molecule has 0 bridgehead atoms. The third kappa shape index (κ3) is 2.81. The van der Waals surface area contributed by atoms with Crippen LogP contribution in [0.4, 0.5) is 5.00 Å². The van der Waals surface area contributed by atoms with Crippen LogP contribution in [0.15, 0.2) is 18.2 Å². The van der Waals surface area contributed by atoms with E-state index in [1.165, 1.54) is 10.4 Å². The molecule has 4 N–H and O–H groups in total. The number of carbonyl (C=O) groups is 1. The molecule has 3 heterocycles. The van der Waals surface area contributed by atoms with Gasteiger partial charge in [0.1, 0.15) is 17.7 Å². The van der Waals surface area contributed by atoms with Crippen LogP contribution in [-0.4, -0.2) is 30.7 Å². The van der Waals surface area contributed by atoms with Gasteiger partial charge in [-0.05, 0) is 25.5 Å². The SMILES string of the molecule is CCOc1cccc([C@H]2NC(=O)c3c(sc4c3CC[NH+](CC)C4)N2)c1O. The Morgan fingerprint density at radius 1 is 1.35 bits per heavy atom. The zero-order valence-electron chi connectivity index (χ0n) is 15.0. The highest BCUT2D eigenvalue weighted by Gasteiger charge is 2.35. The van der Waals surface area contributed by atoms with Gasteiger partial charge in [-0.25, -0.2) is 0 Å². The summed E-state index contributed by atoms with van der Waals surface area (Å²) in [4.78, 5) is 15.7. The third-order valence-corrected chi connectivity index (χ3v) is 6.31. The van der Waals surface area contributed by atoms with Gasteiger partial charge in [0.05, 0.1) is 30.1 Å². The van der Waals surface area contributed by atoms with Crippen molar-refractivity contribution < 1.29 is 19.5 Å². The highest BCUT2D eigenvalue weighted by Crippen LogP contribution is 2.41. The van der Waals surface area contributed by atoms with E-state index in [0.29, 0.717) is 17.9 Å². The maximum atomic E-state index is 12.8. The molecule has 0 spiro atoms. The number of aromatic hydroxyl groups is 1. The Balaban J connectivity index is 1.66. The van der Waals surface area contributed by atoms with Gasteiger partial charge in [-0.1, -0.05) is 12.1 Å². The molecular formula is C19H24N3O3S+. The first-order chi connectivity index (χ1) is 12.6. The number of para-hydroxylation sites is 1. The molecule has 0 saturated heterocycles. The molecule has 1 aromatic heterocycles. The molecule has 0 saturated carbocycles. The number of rotatable bonds is 4. The van der Waals surface area contributed by atoms with E-state index < -0.39 is 6.17 Å².